The molecule has 3 heterocycles. The molecule has 1 N–H and O–H groups in total. The Morgan fingerprint density at radius 1 is 1.15 bits per heavy atom. The molecule has 0 unspecified atom stereocenters. The SMILES string of the molecule is CC(C)n1cnc2cc(C(=O)Nc3nc(-c4ccccn4)cs3)ccc21. The molecule has 130 valence electrons. The summed E-state index contributed by atoms with van der Waals surface area (Å²) in [7, 11) is 0. The van der Waals surface area contributed by atoms with Gasteiger partial charge in [-0.15, -0.1) is 11.3 Å². The van der Waals surface area contributed by atoms with Crippen LogP contribution in [0, 0.1) is 0 Å². The maximum absolute atomic E-state index is 12.5. The third-order valence-electron chi connectivity index (χ3n) is 4.05. The van der Waals surface area contributed by atoms with Crippen molar-refractivity contribution >= 4 is 33.4 Å². The van der Waals surface area contributed by atoms with Crippen LogP contribution < -0.4 is 5.32 Å². The molecule has 0 fully saturated rings. The van der Waals surface area contributed by atoms with Crippen LogP contribution in [-0.2, 0) is 0 Å². The second-order valence-electron chi connectivity index (χ2n) is 6.16. The van der Waals surface area contributed by atoms with Crippen molar-refractivity contribution in [3.05, 3.63) is 59.9 Å². The van der Waals surface area contributed by atoms with Gasteiger partial charge in [-0.05, 0) is 44.2 Å². The predicted octanol–water partition coefficient (Wildman–Crippen LogP) is 4.39. The third kappa shape index (κ3) is 3.09. The third-order valence-corrected chi connectivity index (χ3v) is 4.80. The minimum Gasteiger partial charge on any atom is -0.328 e. The van der Waals surface area contributed by atoms with Crippen molar-refractivity contribution in [2.75, 3.05) is 5.32 Å². The van der Waals surface area contributed by atoms with Crippen LogP contribution in [0.3, 0.4) is 0 Å². The minimum absolute atomic E-state index is 0.201. The van der Waals surface area contributed by atoms with E-state index in [4.69, 9.17) is 0 Å². The molecule has 0 saturated heterocycles. The Morgan fingerprint density at radius 3 is 2.81 bits per heavy atom. The number of rotatable bonds is 4. The molecule has 0 aliphatic rings. The number of hydrogen-bond acceptors (Lipinski definition) is 5. The molecule has 26 heavy (non-hydrogen) atoms. The molecule has 1 amide bonds. The molecule has 7 heteroatoms. The van der Waals surface area contributed by atoms with Crippen LogP contribution in [0.25, 0.3) is 22.4 Å². The van der Waals surface area contributed by atoms with Crippen molar-refractivity contribution in [3.8, 4) is 11.4 Å². The van der Waals surface area contributed by atoms with Crippen LogP contribution in [0.5, 0.6) is 0 Å². The highest BCUT2D eigenvalue weighted by atomic mass is 32.1. The van der Waals surface area contributed by atoms with E-state index < -0.39 is 0 Å². The van der Waals surface area contributed by atoms with E-state index in [2.05, 4.69) is 38.7 Å². The first kappa shape index (κ1) is 16.4. The summed E-state index contributed by atoms with van der Waals surface area (Å²) in [6, 6.07) is 11.5. The maximum Gasteiger partial charge on any atom is 0.257 e. The number of hydrogen-bond donors (Lipinski definition) is 1. The molecule has 1 aromatic carbocycles. The molecular formula is C19H17N5OS. The lowest BCUT2D eigenvalue weighted by atomic mass is 10.2. The van der Waals surface area contributed by atoms with E-state index in [1.54, 1.807) is 18.6 Å². The first-order chi connectivity index (χ1) is 12.6. The number of carbonyl (C=O) groups excluding carboxylic acids is 1. The number of nitrogens with zero attached hydrogens (tertiary/aromatic N) is 4. The lowest BCUT2D eigenvalue weighted by molar-refractivity contribution is 0.102. The second-order valence-corrected chi connectivity index (χ2v) is 7.01. The lowest BCUT2D eigenvalue weighted by Crippen LogP contribution is -2.11. The number of pyridine rings is 1. The normalized spacial score (nSPS) is 11.2. The number of aromatic nitrogens is 4. The number of nitrogens with one attached hydrogen (secondary N) is 1. The molecular weight excluding hydrogens is 346 g/mol. The summed E-state index contributed by atoms with van der Waals surface area (Å²) in [5, 5.41) is 5.27. The molecule has 0 atom stereocenters. The standard InChI is InChI=1S/C19H17N5OS/c1-12(2)24-11-21-15-9-13(6-7-17(15)24)18(25)23-19-22-16(10-26-19)14-5-3-4-8-20-14/h3-12H,1-2H3,(H,22,23,25). The average Bonchev–Trinajstić information content (AvgIpc) is 3.28. The van der Waals surface area contributed by atoms with Crippen molar-refractivity contribution in [1.29, 1.82) is 0 Å². The molecule has 0 aliphatic carbocycles. The zero-order valence-electron chi connectivity index (χ0n) is 14.4. The number of imidazole rings is 1. The highest BCUT2D eigenvalue weighted by Gasteiger charge is 2.13. The van der Waals surface area contributed by atoms with Gasteiger partial charge in [0.05, 0.1) is 23.1 Å². The smallest absolute Gasteiger partial charge is 0.257 e. The topological polar surface area (TPSA) is 72.7 Å². The summed E-state index contributed by atoms with van der Waals surface area (Å²) < 4.78 is 2.08. The van der Waals surface area contributed by atoms with E-state index in [-0.39, 0.29) is 5.91 Å². The van der Waals surface area contributed by atoms with E-state index in [9.17, 15) is 4.79 Å². The molecule has 0 spiro atoms. The number of anilines is 1. The van der Waals surface area contributed by atoms with Crippen LogP contribution in [-0.4, -0.2) is 25.4 Å². The van der Waals surface area contributed by atoms with Crippen LogP contribution in [0.1, 0.15) is 30.2 Å². The van der Waals surface area contributed by atoms with E-state index in [0.29, 0.717) is 16.7 Å². The molecule has 3 aromatic heterocycles. The molecule has 0 aliphatic heterocycles. The highest BCUT2D eigenvalue weighted by molar-refractivity contribution is 7.14. The Balaban J connectivity index is 1.55. The summed E-state index contributed by atoms with van der Waals surface area (Å²) in [5.41, 5.74) is 3.91. The van der Waals surface area contributed by atoms with E-state index in [1.807, 2.05) is 35.7 Å². The fourth-order valence-corrected chi connectivity index (χ4v) is 3.42. The first-order valence-electron chi connectivity index (χ1n) is 8.26. The fourth-order valence-electron chi connectivity index (χ4n) is 2.72. The van der Waals surface area contributed by atoms with E-state index in [1.165, 1.54) is 11.3 Å². The molecule has 0 saturated carbocycles. The van der Waals surface area contributed by atoms with Gasteiger partial charge in [0.25, 0.3) is 5.91 Å². The second kappa shape index (κ2) is 6.68. The Kier molecular flexibility index (Phi) is 4.22. The van der Waals surface area contributed by atoms with Gasteiger partial charge in [-0.2, -0.15) is 0 Å². The molecule has 0 radical (unpaired) electrons. The van der Waals surface area contributed by atoms with Gasteiger partial charge in [0.15, 0.2) is 5.13 Å². The van der Waals surface area contributed by atoms with Crippen molar-refractivity contribution in [2.24, 2.45) is 0 Å². The highest BCUT2D eigenvalue weighted by Crippen LogP contribution is 2.24. The van der Waals surface area contributed by atoms with Gasteiger partial charge in [-0.1, -0.05) is 6.07 Å². The average molecular weight is 363 g/mol. The van der Waals surface area contributed by atoms with Crippen LogP contribution in [0.2, 0.25) is 0 Å². The predicted molar refractivity (Wildman–Crippen MR) is 103 cm³/mol. The van der Waals surface area contributed by atoms with E-state index in [0.717, 1.165) is 22.4 Å². The monoisotopic (exact) mass is 363 g/mol. The van der Waals surface area contributed by atoms with Gasteiger partial charge in [-0.25, -0.2) is 9.97 Å². The van der Waals surface area contributed by atoms with Crippen molar-refractivity contribution in [3.63, 3.8) is 0 Å². The zero-order chi connectivity index (χ0) is 18.1. The van der Waals surface area contributed by atoms with Gasteiger partial charge < -0.3 is 4.57 Å². The fraction of sp³-hybridized carbons (Fsp3) is 0.158. The van der Waals surface area contributed by atoms with Crippen molar-refractivity contribution in [2.45, 2.75) is 19.9 Å². The number of carbonyl (C=O) groups is 1. The van der Waals surface area contributed by atoms with Crippen molar-refractivity contribution < 1.29 is 4.79 Å². The maximum atomic E-state index is 12.5. The summed E-state index contributed by atoms with van der Waals surface area (Å²) >= 11 is 1.38. The minimum atomic E-state index is -0.201. The summed E-state index contributed by atoms with van der Waals surface area (Å²) in [6.07, 6.45) is 3.52. The summed E-state index contributed by atoms with van der Waals surface area (Å²) in [5.74, 6) is -0.201. The summed E-state index contributed by atoms with van der Waals surface area (Å²) in [6.45, 7) is 4.20. The van der Waals surface area contributed by atoms with Gasteiger partial charge in [0.2, 0.25) is 0 Å². The van der Waals surface area contributed by atoms with Crippen molar-refractivity contribution in [1.82, 2.24) is 19.5 Å². The number of benzene rings is 1. The van der Waals surface area contributed by atoms with Crippen LogP contribution >= 0.6 is 11.3 Å². The summed E-state index contributed by atoms with van der Waals surface area (Å²) in [4.78, 5) is 25.7. The van der Waals surface area contributed by atoms with Crippen LogP contribution in [0.4, 0.5) is 5.13 Å². The first-order valence-corrected chi connectivity index (χ1v) is 9.14. The van der Waals surface area contributed by atoms with Gasteiger partial charge in [0, 0.05) is 23.2 Å². The zero-order valence-corrected chi connectivity index (χ0v) is 15.2. The van der Waals surface area contributed by atoms with E-state index >= 15 is 0 Å². The molecule has 4 aromatic rings. The Morgan fingerprint density at radius 2 is 2.04 bits per heavy atom. The van der Waals surface area contributed by atoms with Gasteiger partial charge >= 0.3 is 0 Å². The van der Waals surface area contributed by atoms with Gasteiger partial charge in [0.1, 0.15) is 5.69 Å². The largest absolute Gasteiger partial charge is 0.328 e. The molecule has 6 nitrogen and oxygen atoms in total. The lowest BCUT2D eigenvalue weighted by Gasteiger charge is -2.08. The quantitative estimate of drug-likeness (QED) is 0.584. The number of thiazole rings is 1. The number of amides is 1. The molecule has 4 rings (SSSR count). The molecule has 0 bridgehead atoms. The Bertz CT molecular complexity index is 1070. The van der Waals surface area contributed by atoms with Crippen LogP contribution in [0.15, 0.2) is 54.3 Å². The van der Waals surface area contributed by atoms with Gasteiger partial charge in [-0.3, -0.25) is 15.1 Å². The Hall–Kier alpha value is -3.06. The Labute approximate surface area is 154 Å². The number of fused-ring (bicyclic) bond motifs is 1.